The average molecular weight is 1010 g/mol. The lowest BCUT2D eigenvalue weighted by atomic mass is 9.99. The number of hydrogen-bond donors (Lipinski definition) is 2. The van der Waals surface area contributed by atoms with Crippen molar-refractivity contribution in [1.29, 1.82) is 0 Å². The largest absolute Gasteiger partial charge is 0.480 e. The molecule has 72 heavy (non-hydrogen) atoms. The Labute approximate surface area is 407 Å². The van der Waals surface area contributed by atoms with Gasteiger partial charge in [0.15, 0.2) is 0 Å². The fourth-order valence-corrected chi connectivity index (χ4v) is 9.75. The van der Waals surface area contributed by atoms with Crippen LogP contribution in [0.25, 0.3) is 66.3 Å². The monoisotopic (exact) mass is 1010 g/mol. The van der Waals surface area contributed by atoms with Crippen LogP contribution >= 0.6 is 0 Å². The van der Waals surface area contributed by atoms with Crippen LogP contribution in [-0.2, 0) is 20.0 Å². The average Bonchev–Trinajstić information content (AvgIpc) is 3.38. The first-order chi connectivity index (χ1) is 34.7. The fourth-order valence-electron chi connectivity index (χ4n) is 7.53. The summed E-state index contributed by atoms with van der Waals surface area (Å²) in [5, 5.41) is 17.2. The van der Waals surface area contributed by atoms with E-state index in [0.29, 0.717) is 23.3 Å². The van der Waals surface area contributed by atoms with Crippen LogP contribution in [0.15, 0.2) is 169 Å². The molecule has 10 aromatic rings. The Balaban J connectivity index is 0.000000178. The molecule has 0 saturated carbocycles. The molecule has 0 aliphatic rings. The molecule has 22 heteroatoms. The predicted octanol–water partition coefficient (Wildman–Crippen LogP) is 9.68. The fraction of sp³-hybridized carbons (Fsp3) is 0.0400. The molecule has 2 N–H and O–H groups in total. The van der Waals surface area contributed by atoms with Gasteiger partial charge in [-0.1, -0.05) is 12.1 Å². The molecule has 0 saturated heterocycles. The number of fused-ring (bicyclic) bond motifs is 2. The van der Waals surface area contributed by atoms with Gasteiger partial charge in [0, 0.05) is 69.9 Å². The molecule has 16 nitrogen and oxygen atoms in total. The van der Waals surface area contributed by atoms with E-state index in [0.717, 1.165) is 79.5 Å². The van der Waals surface area contributed by atoms with E-state index in [1.54, 1.807) is 37.2 Å². The van der Waals surface area contributed by atoms with Crippen LogP contribution in [0.2, 0.25) is 0 Å². The number of benzene rings is 4. The van der Waals surface area contributed by atoms with Crippen molar-refractivity contribution in [3.8, 4) is 56.3 Å². The summed E-state index contributed by atoms with van der Waals surface area (Å²) >= 11 is 0. The van der Waals surface area contributed by atoms with Crippen molar-refractivity contribution < 1.29 is 43.9 Å². The van der Waals surface area contributed by atoms with Gasteiger partial charge in [0.25, 0.3) is 20.0 Å². The minimum Gasteiger partial charge on any atom is -0.480 e. The van der Waals surface area contributed by atoms with Gasteiger partial charge in [0.1, 0.15) is 44.4 Å². The Kier molecular flexibility index (Phi) is 13.4. The van der Waals surface area contributed by atoms with E-state index in [1.165, 1.54) is 38.7 Å². The van der Waals surface area contributed by atoms with Crippen molar-refractivity contribution in [2.24, 2.45) is 0 Å². The van der Waals surface area contributed by atoms with Crippen LogP contribution in [0.4, 0.5) is 28.9 Å². The van der Waals surface area contributed by atoms with Crippen molar-refractivity contribution in [3.05, 3.63) is 182 Å². The minimum atomic E-state index is -4.40. The van der Waals surface area contributed by atoms with E-state index in [9.17, 15) is 34.4 Å². The number of pyridine rings is 4. The van der Waals surface area contributed by atoms with Gasteiger partial charge in [-0.05, 0) is 107 Å². The number of ether oxygens (including phenoxy) is 2. The normalized spacial score (nSPS) is 11.4. The third-order valence-corrected chi connectivity index (χ3v) is 13.7. The van der Waals surface area contributed by atoms with Crippen LogP contribution < -0.4 is 18.9 Å². The van der Waals surface area contributed by atoms with Crippen molar-refractivity contribution in [1.82, 2.24) is 40.3 Å². The summed E-state index contributed by atoms with van der Waals surface area (Å²) in [7, 11) is -6.15. The highest BCUT2D eigenvalue weighted by atomic mass is 32.2. The third kappa shape index (κ3) is 10.2. The second-order valence-electron chi connectivity index (χ2n) is 15.4. The second-order valence-corrected chi connectivity index (χ2v) is 18.7. The van der Waals surface area contributed by atoms with Gasteiger partial charge in [-0.15, -0.1) is 0 Å². The Morgan fingerprint density at radius 3 is 1.22 bits per heavy atom. The molecule has 10 rings (SSSR count). The number of halogens is 4. The van der Waals surface area contributed by atoms with Crippen LogP contribution in [0.1, 0.15) is 0 Å². The first kappa shape index (κ1) is 48.0. The van der Waals surface area contributed by atoms with E-state index in [1.807, 2.05) is 60.7 Å². The third-order valence-electron chi connectivity index (χ3n) is 10.9. The van der Waals surface area contributed by atoms with E-state index in [-0.39, 0.29) is 23.1 Å². The summed E-state index contributed by atoms with van der Waals surface area (Å²) in [6.07, 6.45) is 13.0. The highest BCUT2D eigenvalue weighted by Gasteiger charge is 2.24. The first-order valence-electron chi connectivity index (χ1n) is 21.1. The maximum Gasteiger partial charge on any atom is 0.264 e. The van der Waals surface area contributed by atoms with Crippen molar-refractivity contribution in [2.45, 2.75) is 9.79 Å². The molecule has 360 valence electrons. The van der Waals surface area contributed by atoms with E-state index >= 15 is 0 Å². The number of anilines is 2. The maximum atomic E-state index is 14.2. The van der Waals surface area contributed by atoms with Crippen molar-refractivity contribution >= 4 is 53.2 Å². The summed E-state index contributed by atoms with van der Waals surface area (Å²) in [4.78, 5) is 15.8. The molecule has 0 fully saturated rings. The highest BCUT2D eigenvalue weighted by Crippen LogP contribution is 2.36. The zero-order valence-electron chi connectivity index (χ0n) is 37.4. The predicted molar refractivity (Wildman–Crippen MR) is 259 cm³/mol. The molecule has 4 aromatic carbocycles. The zero-order valence-corrected chi connectivity index (χ0v) is 39.0. The molecular formula is C50H34F4N10O6S2. The second kappa shape index (κ2) is 20.1. The van der Waals surface area contributed by atoms with Crippen LogP contribution in [-0.4, -0.2) is 71.4 Å². The lowest BCUT2D eigenvalue weighted by Gasteiger charge is -2.14. The zero-order chi connectivity index (χ0) is 50.6. The lowest BCUT2D eigenvalue weighted by molar-refractivity contribution is 0.400. The molecule has 0 spiro atoms. The number of nitrogens with one attached hydrogen (secondary N) is 2. The Morgan fingerprint density at radius 2 is 0.847 bits per heavy atom. The summed E-state index contributed by atoms with van der Waals surface area (Å²) in [6.45, 7) is 0. The standard InChI is InChI=1S/2C25H17F2N5O3S/c2*1-35-25-23(32-36(33,34)24-5-3-18(26)12-21(24)27)11-17(13-29-25)15-2-4-22-20(10-15)19(7-8-28-22)16-6-9-30-31-14-16/h2*2-14,32H,1H3. The molecule has 6 heterocycles. The Bertz CT molecular complexity index is 3650. The van der Waals surface area contributed by atoms with Gasteiger partial charge in [0.05, 0.1) is 50.0 Å². The molecule has 0 bridgehead atoms. The molecular weight excluding hydrogens is 977 g/mol. The number of methoxy groups -OCH3 is 2. The Morgan fingerprint density at radius 1 is 0.417 bits per heavy atom. The molecule has 0 atom stereocenters. The lowest BCUT2D eigenvalue weighted by Crippen LogP contribution is -2.15. The molecule has 0 aliphatic carbocycles. The van der Waals surface area contributed by atoms with Gasteiger partial charge in [-0.25, -0.2) is 44.4 Å². The van der Waals surface area contributed by atoms with Crippen molar-refractivity contribution in [2.75, 3.05) is 23.7 Å². The van der Waals surface area contributed by atoms with Crippen molar-refractivity contribution in [3.63, 3.8) is 0 Å². The molecule has 0 amide bonds. The van der Waals surface area contributed by atoms with Gasteiger partial charge < -0.3 is 9.47 Å². The van der Waals surface area contributed by atoms with Gasteiger partial charge in [-0.2, -0.15) is 20.4 Å². The minimum absolute atomic E-state index is 0.0106. The summed E-state index contributed by atoms with van der Waals surface area (Å²) < 4.78 is 121. The summed E-state index contributed by atoms with van der Waals surface area (Å²) in [5.41, 5.74) is 7.57. The number of sulfonamides is 2. The van der Waals surface area contributed by atoms with E-state index < -0.39 is 53.1 Å². The van der Waals surface area contributed by atoms with Crippen LogP contribution in [0.3, 0.4) is 0 Å². The number of rotatable bonds is 12. The smallest absolute Gasteiger partial charge is 0.264 e. The van der Waals surface area contributed by atoms with Crippen LogP contribution in [0.5, 0.6) is 11.8 Å². The Hall–Kier alpha value is -9.02. The molecule has 0 unspecified atom stereocenters. The van der Waals surface area contributed by atoms with Gasteiger partial charge in [0.2, 0.25) is 11.8 Å². The van der Waals surface area contributed by atoms with Gasteiger partial charge >= 0.3 is 0 Å². The molecule has 6 aromatic heterocycles. The summed E-state index contributed by atoms with van der Waals surface area (Å²) in [6, 6.07) is 26.0. The maximum absolute atomic E-state index is 14.2. The number of nitrogens with zero attached hydrogens (tertiary/aromatic N) is 8. The molecule has 0 radical (unpaired) electrons. The van der Waals surface area contributed by atoms with Gasteiger partial charge in [-0.3, -0.25) is 19.4 Å². The first-order valence-corrected chi connectivity index (χ1v) is 24.0. The SMILES string of the molecule is COc1ncc(-c2ccc3nccc(-c4ccnnc4)c3c2)cc1NS(=O)(=O)c1ccc(F)cc1F.COc1ncc(-c2ccc3nccc(-c4ccnnc4)c3c2)cc1NS(=O)(=O)c1ccc(F)cc1F. The topological polar surface area (TPSA) is 214 Å². The number of aromatic nitrogens is 8. The van der Waals surface area contributed by atoms with E-state index in [2.05, 4.69) is 49.8 Å². The molecule has 0 aliphatic heterocycles. The van der Waals surface area contributed by atoms with Crippen LogP contribution in [0, 0.1) is 23.3 Å². The quantitative estimate of drug-likeness (QED) is 0.109. The van der Waals surface area contributed by atoms with E-state index in [4.69, 9.17) is 9.47 Å². The number of hydrogen-bond acceptors (Lipinski definition) is 14. The summed E-state index contributed by atoms with van der Waals surface area (Å²) in [5.74, 6) is -4.25. The highest BCUT2D eigenvalue weighted by molar-refractivity contribution is 7.93.